The maximum atomic E-state index is 6.31. The molecule has 1 unspecified atom stereocenters. The molecule has 0 spiro atoms. The Balaban J connectivity index is 1.74. The van der Waals surface area contributed by atoms with Gasteiger partial charge in [-0.2, -0.15) is 0 Å². The Hall–Kier alpha value is -0.120. The summed E-state index contributed by atoms with van der Waals surface area (Å²) in [4.78, 5) is 2.46. The number of ether oxygens (including phenoxy) is 1. The van der Waals surface area contributed by atoms with Gasteiger partial charge >= 0.3 is 0 Å². The number of likely N-dealkylation sites (N-methyl/N-ethyl adjacent to an activating group) is 1. The molecule has 0 aromatic carbocycles. The lowest BCUT2D eigenvalue weighted by molar-refractivity contribution is 0.0396. The fraction of sp³-hybridized carbons (Fsp3) is 1.00. The number of hydrogen-bond donors (Lipinski definition) is 1. The Bertz CT molecular complexity index is 198. The lowest BCUT2D eigenvalue weighted by Gasteiger charge is -2.34. The van der Waals surface area contributed by atoms with E-state index < -0.39 is 0 Å². The highest BCUT2D eigenvalue weighted by Gasteiger charge is 2.25. The van der Waals surface area contributed by atoms with E-state index in [-0.39, 0.29) is 0 Å². The minimum absolute atomic E-state index is 0.385. The van der Waals surface area contributed by atoms with Gasteiger partial charge in [-0.15, -0.1) is 0 Å². The van der Waals surface area contributed by atoms with Crippen LogP contribution < -0.4 is 5.73 Å². The first kappa shape index (κ1) is 12.3. The molecule has 1 saturated heterocycles. The largest absolute Gasteiger partial charge is 0.381 e. The molecule has 1 aliphatic carbocycles. The minimum atomic E-state index is 0.385. The van der Waals surface area contributed by atoms with E-state index in [1.165, 1.54) is 38.5 Å². The van der Waals surface area contributed by atoms with Gasteiger partial charge in [-0.1, -0.05) is 12.8 Å². The summed E-state index contributed by atoms with van der Waals surface area (Å²) >= 11 is 0. The van der Waals surface area contributed by atoms with Crippen LogP contribution in [-0.2, 0) is 4.74 Å². The molecule has 1 heterocycles. The third kappa shape index (κ3) is 3.19. The van der Waals surface area contributed by atoms with E-state index in [1.54, 1.807) is 0 Å². The normalized spacial score (nSPS) is 26.4. The van der Waals surface area contributed by atoms with Crippen LogP contribution in [0.5, 0.6) is 0 Å². The molecule has 2 rings (SSSR count). The summed E-state index contributed by atoms with van der Waals surface area (Å²) in [7, 11) is 2.23. The van der Waals surface area contributed by atoms with Gasteiger partial charge in [0.2, 0.25) is 0 Å². The van der Waals surface area contributed by atoms with Crippen LogP contribution in [0.15, 0.2) is 0 Å². The van der Waals surface area contributed by atoms with Crippen molar-refractivity contribution in [1.82, 2.24) is 4.90 Å². The third-order valence-electron chi connectivity index (χ3n) is 4.32. The molecule has 0 radical (unpaired) electrons. The van der Waals surface area contributed by atoms with Gasteiger partial charge in [0.25, 0.3) is 0 Å². The number of hydrogen-bond acceptors (Lipinski definition) is 3. The molecule has 2 aliphatic rings. The van der Waals surface area contributed by atoms with E-state index in [4.69, 9.17) is 10.5 Å². The van der Waals surface area contributed by atoms with Crippen molar-refractivity contribution in [3.63, 3.8) is 0 Å². The number of rotatable bonds is 4. The first-order chi connectivity index (χ1) is 7.77. The molecule has 0 aromatic heterocycles. The van der Waals surface area contributed by atoms with Gasteiger partial charge in [0, 0.05) is 31.8 Å². The maximum Gasteiger partial charge on any atom is 0.0480 e. The molecule has 0 bridgehead atoms. The lowest BCUT2D eigenvalue weighted by Crippen LogP contribution is -2.45. The van der Waals surface area contributed by atoms with Gasteiger partial charge in [0.1, 0.15) is 0 Å². The van der Waals surface area contributed by atoms with Crippen molar-refractivity contribution in [3.8, 4) is 0 Å². The molecule has 94 valence electrons. The second-order valence-electron chi connectivity index (χ2n) is 5.49. The maximum absolute atomic E-state index is 6.31. The average Bonchev–Trinajstić information content (AvgIpc) is 2.83. The second kappa shape index (κ2) is 5.99. The van der Waals surface area contributed by atoms with E-state index in [2.05, 4.69) is 11.9 Å². The molecule has 3 nitrogen and oxygen atoms in total. The van der Waals surface area contributed by atoms with Gasteiger partial charge in [-0.25, -0.2) is 0 Å². The first-order valence-electron chi connectivity index (χ1n) is 6.81. The van der Waals surface area contributed by atoms with Gasteiger partial charge in [0.05, 0.1) is 0 Å². The molecule has 1 saturated carbocycles. The molecule has 1 atom stereocenters. The topological polar surface area (TPSA) is 38.5 Å². The fourth-order valence-electron chi connectivity index (χ4n) is 3.14. The van der Waals surface area contributed by atoms with Crippen LogP contribution in [0.4, 0.5) is 0 Å². The van der Waals surface area contributed by atoms with Crippen molar-refractivity contribution in [2.45, 2.75) is 50.6 Å². The number of nitrogens with two attached hydrogens (primary N) is 1. The Morgan fingerprint density at radius 2 is 1.81 bits per heavy atom. The first-order valence-corrected chi connectivity index (χ1v) is 6.81. The van der Waals surface area contributed by atoms with Crippen molar-refractivity contribution < 1.29 is 4.74 Å². The summed E-state index contributed by atoms with van der Waals surface area (Å²) in [6.45, 7) is 2.91. The molecular weight excluding hydrogens is 200 g/mol. The van der Waals surface area contributed by atoms with Crippen molar-refractivity contribution >= 4 is 0 Å². The minimum Gasteiger partial charge on any atom is -0.381 e. The van der Waals surface area contributed by atoms with Crippen LogP contribution in [0.2, 0.25) is 0 Å². The van der Waals surface area contributed by atoms with E-state index in [0.29, 0.717) is 12.1 Å². The van der Waals surface area contributed by atoms with Crippen LogP contribution >= 0.6 is 0 Å². The van der Waals surface area contributed by atoms with Crippen molar-refractivity contribution in [1.29, 1.82) is 0 Å². The van der Waals surface area contributed by atoms with Crippen molar-refractivity contribution in [3.05, 3.63) is 0 Å². The highest BCUT2D eigenvalue weighted by molar-refractivity contribution is 4.82. The zero-order chi connectivity index (χ0) is 11.4. The molecule has 3 heteroatoms. The van der Waals surface area contributed by atoms with Gasteiger partial charge < -0.3 is 15.4 Å². The summed E-state index contributed by atoms with van der Waals surface area (Å²) in [5.41, 5.74) is 6.31. The lowest BCUT2D eigenvalue weighted by atomic mass is 9.97. The van der Waals surface area contributed by atoms with Crippen LogP contribution in [0.25, 0.3) is 0 Å². The van der Waals surface area contributed by atoms with Crippen LogP contribution in [-0.4, -0.2) is 43.8 Å². The molecule has 2 fully saturated rings. The third-order valence-corrected chi connectivity index (χ3v) is 4.32. The summed E-state index contributed by atoms with van der Waals surface area (Å²) in [5, 5.41) is 0. The zero-order valence-electron chi connectivity index (χ0n) is 10.5. The highest BCUT2D eigenvalue weighted by atomic mass is 16.5. The van der Waals surface area contributed by atoms with E-state index >= 15 is 0 Å². The zero-order valence-corrected chi connectivity index (χ0v) is 10.5. The molecule has 16 heavy (non-hydrogen) atoms. The summed E-state index contributed by atoms with van der Waals surface area (Å²) in [6, 6.07) is 1.08. The standard InChI is InChI=1S/C13H26N2O/c1-15(12-6-8-16-9-7-12)10-13(14)11-4-2-3-5-11/h11-13H,2-10,14H2,1H3. The number of nitrogens with zero attached hydrogens (tertiary/aromatic N) is 1. The fourth-order valence-corrected chi connectivity index (χ4v) is 3.14. The average molecular weight is 226 g/mol. The summed E-state index contributed by atoms with van der Waals surface area (Å²) in [6.07, 6.45) is 7.83. The van der Waals surface area contributed by atoms with Crippen LogP contribution in [0, 0.1) is 5.92 Å². The van der Waals surface area contributed by atoms with Crippen LogP contribution in [0.1, 0.15) is 38.5 Å². The predicted octanol–water partition coefficient (Wildman–Crippen LogP) is 1.61. The predicted molar refractivity (Wildman–Crippen MR) is 66.4 cm³/mol. The molecule has 0 amide bonds. The van der Waals surface area contributed by atoms with Crippen molar-refractivity contribution in [2.24, 2.45) is 11.7 Å². The van der Waals surface area contributed by atoms with E-state index in [1.807, 2.05) is 0 Å². The highest BCUT2D eigenvalue weighted by Crippen LogP contribution is 2.27. The molecule has 1 aliphatic heterocycles. The van der Waals surface area contributed by atoms with Crippen molar-refractivity contribution in [2.75, 3.05) is 26.8 Å². The quantitative estimate of drug-likeness (QED) is 0.791. The SMILES string of the molecule is CN(CC(N)C1CCCC1)C1CCOCC1. The van der Waals surface area contributed by atoms with Gasteiger partial charge in [-0.05, 0) is 38.6 Å². The summed E-state index contributed by atoms with van der Waals surface area (Å²) in [5.74, 6) is 0.780. The summed E-state index contributed by atoms with van der Waals surface area (Å²) < 4.78 is 5.40. The Kier molecular flexibility index (Phi) is 4.62. The molecular formula is C13H26N2O. The Labute approximate surface area is 99.3 Å². The van der Waals surface area contributed by atoms with E-state index in [9.17, 15) is 0 Å². The smallest absolute Gasteiger partial charge is 0.0480 e. The molecule has 2 N–H and O–H groups in total. The second-order valence-corrected chi connectivity index (χ2v) is 5.49. The Morgan fingerprint density at radius 1 is 1.19 bits per heavy atom. The van der Waals surface area contributed by atoms with Gasteiger partial charge in [0.15, 0.2) is 0 Å². The monoisotopic (exact) mass is 226 g/mol. The van der Waals surface area contributed by atoms with Gasteiger partial charge in [-0.3, -0.25) is 0 Å². The molecule has 0 aromatic rings. The van der Waals surface area contributed by atoms with E-state index in [0.717, 1.165) is 25.7 Å². The Morgan fingerprint density at radius 3 is 2.44 bits per heavy atom. The van der Waals surface area contributed by atoms with Crippen LogP contribution in [0.3, 0.4) is 0 Å².